The van der Waals surface area contributed by atoms with Crippen molar-refractivity contribution in [1.29, 1.82) is 0 Å². The normalized spacial score (nSPS) is 12.5. The zero-order chi connectivity index (χ0) is 82.9. The summed E-state index contributed by atoms with van der Waals surface area (Å²) < 4.78 is 12.3. The molecule has 26 rings (SSSR count). The molecule has 0 N–H and O–H groups in total. The molecule has 0 fully saturated rings. The summed E-state index contributed by atoms with van der Waals surface area (Å²) in [6.07, 6.45) is 0. The lowest BCUT2D eigenvalue weighted by molar-refractivity contribution is 1.02. The van der Waals surface area contributed by atoms with Gasteiger partial charge in [0.25, 0.3) is 0 Å². The van der Waals surface area contributed by atoms with Crippen LogP contribution in [-0.2, 0) is 0 Å². The quantitative estimate of drug-likeness (QED) is 0.116. The molecule has 126 heavy (non-hydrogen) atoms. The summed E-state index contributed by atoms with van der Waals surface area (Å²) in [6.45, 7) is 0. The molecule has 5 heteroatoms. The van der Waals surface area contributed by atoms with E-state index in [2.05, 4.69) is 496 Å². The molecule has 1 atom stereocenters. The third kappa shape index (κ3) is 11.6. The zero-order valence-corrected chi connectivity index (χ0v) is 68.8. The highest BCUT2D eigenvalue weighted by Crippen LogP contribution is 2.53. The van der Waals surface area contributed by atoms with Gasteiger partial charge in [-0.3, -0.25) is 0 Å². The summed E-state index contributed by atoms with van der Waals surface area (Å²) in [6, 6.07) is 174. The molecule has 25 aromatic rings. The number of para-hydroxylation sites is 9. The Kier molecular flexibility index (Phi) is 17.0. The SMILES string of the molecule is c1ccc(-c2ccc(C3c4ccccc4-c4cc(-c5cccc(-c6cc7c8ccccc8n(-c8ccccc8)c7c7c8ccccc8n(-c8ccccc8)c67)c5)ccc43)cc2)cc1.c1ccc(-c2cccc(-n3c4ccccc4c4ccc(-c5cccc(-c6cc7c8ccccc8n(-c8ccccc8)c7c7c8ccccc8n(-c8ccccc8)c67)c5)cc43)c2)cc1. The molecule has 1 unspecified atom stereocenters. The second-order valence-electron chi connectivity index (χ2n) is 33.3. The van der Waals surface area contributed by atoms with Crippen LogP contribution in [0.3, 0.4) is 0 Å². The fourth-order valence-corrected chi connectivity index (χ4v) is 20.9. The van der Waals surface area contributed by atoms with Gasteiger partial charge in [0.1, 0.15) is 0 Å². The molecule has 0 spiro atoms. The van der Waals surface area contributed by atoms with Gasteiger partial charge in [0, 0.05) is 99.3 Å². The predicted octanol–water partition coefficient (Wildman–Crippen LogP) is 32.0. The number of hydrogen-bond acceptors (Lipinski definition) is 0. The van der Waals surface area contributed by atoms with Crippen molar-refractivity contribution >= 4 is 109 Å². The average Bonchev–Trinajstić information content (AvgIpc) is 1.55. The smallest absolute Gasteiger partial charge is 0.0641 e. The molecule has 5 nitrogen and oxygen atoms in total. The number of aromatic nitrogens is 5. The molecule has 0 radical (unpaired) electrons. The van der Waals surface area contributed by atoms with Gasteiger partial charge in [-0.2, -0.15) is 0 Å². The topological polar surface area (TPSA) is 24.6 Å². The lowest BCUT2D eigenvalue weighted by atomic mass is 9.88. The summed E-state index contributed by atoms with van der Waals surface area (Å²) in [5, 5.41) is 12.4. The van der Waals surface area contributed by atoms with Crippen LogP contribution < -0.4 is 0 Å². The first-order valence-electron chi connectivity index (χ1n) is 43.6. The first-order chi connectivity index (χ1) is 62.6. The average molecular weight is 1600 g/mol. The Morgan fingerprint density at radius 2 is 0.452 bits per heavy atom. The van der Waals surface area contributed by atoms with E-state index in [1.165, 1.54) is 204 Å². The summed E-state index contributed by atoms with van der Waals surface area (Å²) in [5.74, 6) is 0.180. The van der Waals surface area contributed by atoms with E-state index in [9.17, 15) is 0 Å². The zero-order valence-electron chi connectivity index (χ0n) is 68.8. The van der Waals surface area contributed by atoms with Gasteiger partial charge >= 0.3 is 0 Å². The summed E-state index contributed by atoms with van der Waals surface area (Å²) in [4.78, 5) is 0. The molecule has 0 saturated heterocycles. The Labute approximate surface area is 729 Å². The van der Waals surface area contributed by atoms with Gasteiger partial charge < -0.3 is 22.8 Å². The maximum atomic E-state index is 2.48. The van der Waals surface area contributed by atoms with Crippen LogP contribution in [-0.4, -0.2) is 22.8 Å². The second kappa shape index (κ2) is 29.6. The van der Waals surface area contributed by atoms with Crippen molar-refractivity contribution in [3.8, 4) is 106 Å². The molecule has 0 amide bonds. The van der Waals surface area contributed by atoms with E-state index in [1.807, 2.05) is 0 Å². The molecule has 20 aromatic carbocycles. The van der Waals surface area contributed by atoms with Crippen molar-refractivity contribution in [3.05, 3.63) is 490 Å². The molecule has 5 aromatic heterocycles. The minimum Gasteiger partial charge on any atom is -0.309 e. The van der Waals surface area contributed by atoms with Crippen LogP contribution in [0.4, 0.5) is 0 Å². The van der Waals surface area contributed by atoms with Crippen LogP contribution in [0.2, 0.25) is 0 Å². The Bertz CT molecular complexity index is 8610. The third-order valence-corrected chi connectivity index (χ3v) is 26.4. The fourth-order valence-electron chi connectivity index (χ4n) is 20.9. The second-order valence-corrected chi connectivity index (χ2v) is 33.3. The molecule has 1 aliphatic carbocycles. The minimum absolute atomic E-state index is 0.180. The molecule has 588 valence electrons. The predicted molar refractivity (Wildman–Crippen MR) is 530 cm³/mol. The van der Waals surface area contributed by atoms with Gasteiger partial charge in [-0.1, -0.05) is 346 Å². The van der Waals surface area contributed by atoms with Crippen LogP contribution >= 0.6 is 0 Å². The highest BCUT2D eigenvalue weighted by atomic mass is 15.0. The Balaban J connectivity index is 0.000000137. The number of rotatable bonds is 12. The van der Waals surface area contributed by atoms with Crippen LogP contribution in [0, 0.1) is 0 Å². The molecule has 1 aliphatic rings. The van der Waals surface area contributed by atoms with Gasteiger partial charge in [0.05, 0.1) is 55.2 Å². The molecule has 0 aliphatic heterocycles. The van der Waals surface area contributed by atoms with Crippen LogP contribution in [0.25, 0.3) is 215 Å². The fraction of sp³-hybridized carbons (Fsp3) is 0.00826. The van der Waals surface area contributed by atoms with Crippen molar-refractivity contribution < 1.29 is 0 Å². The van der Waals surface area contributed by atoms with E-state index in [4.69, 9.17) is 0 Å². The highest BCUT2D eigenvalue weighted by Gasteiger charge is 2.32. The Morgan fingerprint density at radius 3 is 0.944 bits per heavy atom. The highest BCUT2D eigenvalue weighted by molar-refractivity contribution is 6.31. The molecule has 0 bridgehead atoms. The molecule has 0 saturated carbocycles. The summed E-state index contributed by atoms with van der Waals surface area (Å²) in [7, 11) is 0. The lowest BCUT2D eigenvalue weighted by Gasteiger charge is -2.16. The van der Waals surface area contributed by atoms with Gasteiger partial charge in [0.2, 0.25) is 0 Å². The van der Waals surface area contributed by atoms with Crippen LogP contribution in [0.1, 0.15) is 22.6 Å². The van der Waals surface area contributed by atoms with Gasteiger partial charge in [-0.15, -0.1) is 0 Å². The van der Waals surface area contributed by atoms with Crippen molar-refractivity contribution in [2.75, 3.05) is 0 Å². The van der Waals surface area contributed by atoms with E-state index < -0.39 is 0 Å². The van der Waals surface area contributed by atoms with E-state index in [0.29, 0.717) is 0 Å². The van der Waals surface area contributed by atoms with E-state index in [1.54, 1.807) is 0 Å². The maximum absolute atomic E-state index is 2.48. The van der Waals surface area contributed by atoms with Crippen molar-refractivity contribution in [2.45, 2.75) is 5.92 Å². The lowest BCUT2D eigenvalue weighted by Crippen LogP contribution is -1.99. The van der Waals surface area contributed by atoms with Gasteiger partial charge in [-0.25, -0.2) is 0 Å². The first kappa shape index (κ1) is 72.2. The summed E-state index contributed by atoms with van der Waals surface area (Å²) in [5.41, 5.74) is 38.8. The summed E-state index contributed by atoms with van der Waals surface area (Å²) >= 11 is 0. The molecule has 5 heterocycles. The Morgan fingerprint density at radius 1 is 0.143 bits per heavy atom. The standard InChI is InChI=1S/C61H40N2.C60H39N3/c1-4-17-40(18-5-1)41-31-33-42(34-32-41)58-50-27-11-10-25-48(50)54-38-44(35-36-51(54)58)43-19-16-20-45(37-43)53-39-55-49-26-12-14-29-56(49)62(46-21-6-2-7-22-46)61(55)59-52-28-13-15-30-57(52)63(60(53)59)47-23-8-3-9-24-47;1-4-18-40(19-5-1)42-21-17-27-47(37-42)61-54-31-13-10-28-48(54)50-35-34-43(38-57(50)61)41-20-16-22-44(36-41)52-39-53-49-29-11-14-32-55(49)62(45-23-6-2-7-24-45)60(53)58-51-30-12-15-33-56(51)63(59(52)58)46-25-8-3-9-26-46/h1-39,58H;1-39H. The molecular weight excluding hydrogens is 1520 g/mol. The van der Waals surface area contributed by atoms with Crippen molar-refractivity contribution in [1.82, 2.24) is 22.8 Å². The Hall–Kier alpha value is -16.6. The van der Waals surface area contributed by atoms with Crippen molar-refractivity contribution in [3.63, 3.8) is 0 Å². The van der Waals surface area contributed by atoms with Crippen molar-refractivity contribution in [2.24, 2.45) is 0 Å². The number of hydrogen-bond donors (Lipinski definition) is 0. The number of fused-ring (bicyclic) bond motifs is 20. The van der Waals surface area contributed by atoms with E-state index >= 15 is 0 Å². The first-order valence-corrected chi connectivity index (χ1v) is 43.6. The van der Waals surface area contributed by atoms with Crippen LogP contribution in [0.15, 0.2) is 473 Å². The monoisotopic (exact) mass is 1600 g/mol. The minimum atomic E-state index is 0.180. The van der Waals surface area contributed by atoms with Crippen LogP contribution in [0.5, 0.6) is 0 Å². The third-order valence-electron chi connectivity index (χ3n) is 26.4. The number of benzene rings is 20. The van der Waals surface area contributed by atoms with E-state index in [0.717, 1.165) is 28.4 Å². The maximum Gasteiger partial charge on any atom is 0.0641 e. The molecular formula is C121H79N5. The number of nitrogens with zero attached hydrogens (tertiary/aromatic N) is 5. The largest absolute Gasteiger partial charge is 0.309 e. The van der Waals surface area contributed by atoms with Gasteiger partial charge in [0.15, 0.2) is 0 Å². The van der Waals surface area contributed by atoms with Gasteiger partial charge in [-0.05, 0) is 211 Å². The van der Waals surface area contributed by atoms with E-state index in [-0.39, 0.29) is 5.92 Å².